The predicted octanol–water partition coefficient (Wildman–Crippen LogP) is 5.59. The first kappa shape index (κ1) is 17.4. The second kappa shape index (κ2) is 6.66. The molecule has 0 N–H and O–H groups in total. The van der Waals surface area contributed by atoms with Gasteiger partial charge in [0.2, 0.25) is 0 Å². The fourth-order valence-electron chi connectivity index (χ4n) is 2.78. The molecule has 23 heavy (non-hydrogen) atoms. The molecule has 2 aromatic carbocycles. The maximum absolute atomic E-state index is 5.92. The molecular weight excluding hydrogens is 284 g/mol. The smallest absolute Gasteiger partial charge is 0.120 e. The lowest BCUT2D eigenvalue weighted by atomic mass is 9.74. The topological polar surface area (TPSA) is 18.5 Å². The first-order valence-corrected chi connectivity index (χ1v) is 8.22. The Morgan fingerprint density at radius 3 is 1.52 bits per heavy atom. The molecule has 0 heterocycles. The van der Waals surface area contributed by atoms with Gasteiger partial charge in [0.1, 0.15) is 17.1 Å². The van der Waals surface area contributed by atoms with Crippen LogP contribution in [-0.4, -0.2) is 12.7 Å². The zero-order valence-corrected chi connectivity index (χ0v) is 15.1. The summed E-state index contributed by atoms with van der Waals surface area (Å²) in [6, 6.07) is 16.9. The van der Waals surface area contributed by atoms with Crippen LogP contribution in [0.15, 0.2) is 48.5 Å². The van der Waals surface area contributed by atoms with E-state index in [1.165, 1.54) is 11.1 Å². The molecule has 0 aromatic heterocycles. The predicted molar refractivity (Wildman–Crippen MR) is 96.6 cm³/mol. The molecule has 2 nitrogen and oxygen atoms in total. The van der Waals surface area contributed by atoms with Crippen molar-refractivity contribution in [3.63, 3.8) is 0 Å². The van der Waals surface area contributed by atoms with Gasteiger partial charge in [-0.15, -0.1) is 0 Å². The van der Waals surface area contributed by atoms with Gasteiger partial charge in [-0.25, -0.2) is 0 Å². The van der Waals surface area contributed by atoms with E-state index in [1.807, 2.05) is 12.1 Å². The normalized spacial score (nSPS) is 14.2. The van der Waals surface area contributed by atoms with Crippen LogP contribution in [0.25, 0.3) is 0 Å². The number of hydrogen-bond donors (Lipinski definition) is 0. The summed E-state index contributed by atoms with van der Waals surface area (Å²) in [4.78, 5) is 0. The van der Waals surface area contributed by atoms with Crippen molar-refractivity contribution in [1.29, 1.82) is 0 Å². The monoisotopic (exact) mass is 312 g/mol. The minimum atomic E-state index is -0.175. The number of methoxy groups -OCH3 is 1. The molecule has 2 rings (SSSR count). The Morgan fingerprint density at radius 1 is 0.739 bits per heavy atom. The fourth-order valence-corrected chi connectivity index (χ4v) is 2.78. The highest BCUT2D eigenvalue weighted by atomic mass is 16.5. The van der Waals surface area contributed by atoms with Crippen LogP contribution in [-0.2, 0) is 5.41 Å². The van der Waals surface area contributed by atoms with E-state index in [1.54, 1.807) is 7.11 Å². The number of ether oxygens (including phenoxy) is 2. The average molecular weight is 312 g/mol. The maximum Gasteiger partial charge on any atom is 0.120 e. The average Bonchev–Trinajstić information content (AvgIpc) is 2.53. The van der Waals surface area contributed by atoms with Crippen LogP contribution in [0.3, 0.4) is 0 Å². The second-order valence-corrected chi connectivity index (χ2v) is 7.15. The van der Waals surface area contributed by atoms with E-state index in [4.69, 9.17) is 9.47 Å². The molecule has 0 amide bonds. The van der Waals surface area contributed by atoms with Crippen molar-refractivity contribution in [2.24, 2.45) is 0 Å². The van der Waals surface area contributed by atoms with E-state index < -0.39 is 0 Å². The number of rotatable bonds is 5. The van der Waals surface area contributed by atoms with Crippen molar-refractivity contribution in [3.05, 3.63) is 59.7 Å². The van der Waals surface area contributed by atoms with Gasteiger partial charge >= 0.3 is 0 Å². The van der Waals surface area contributed by atoms with Gasteiger partial charge in [0.15, 0.2) is 0 Å². The van der Waals surface area contributed by atoms with E-state index in [0.29, 0.717) is 0 Å². The van der Waals surface area contributed by atoms with Crippen LogP contribution in [0, 0.1) is 0 Å². The molecule has 0 aliphatic rings. The molecule has 0 aliphatic heterocycles. The third-order valence-corrected chi connectivity index (χ3v) is 4.35. The van der Waals surface area contributed by atoms with Crippen molar-refractivity contribution in [1.82, 2.24) is 0 Å². The van der Waals surface area contributed by atoms with E-state index in [0.717, 1.165) is 17.9 Å². The SMILES string of the molecule is CCC(C)(c1ccc(OC)cc1)c1ccc(OC(C)(C)C)cc1. The summed E-state index contributed by atoms with van der Waals surface area (Å²) in [6.45, 7) is 10.7. The number of benzene rings is 2. The molecule has 2 heteroatoms. The molecular formula is C21H28O2. The fraction of sp³-hybridized carbons (Fsp3) is 0.429. The molecule has 2 aromatic rings. The molecule has 0 saturated heterocycles. The zero-order chi connectivity index (χ0) is 17.1. The Labute approximate surface area is 140 Å². The van der Waals surface area contributed by atoms with Crippen molar-refractivity contribution >= 4 is 0 Å². The van der Waals surface area contributed by atoms with E-state index in [9.17, 15) is 0 Å². The van der Waals surface area contributed by atoms with Crippen molar-refractivity contribution < 1.29 is 9.47 Å². The molecule has 0 fully saturated rings. The van der Waals surface area contributed by atoms with Crippen LogP contribution in [0.1, 0.15) is 52.2 Å². The van der Waals surface area contributed by atoms with E-state index in [-0.39, 0.29) is 11.0 Å². The Morgan fingerprint density at radius 2 is 1.17 bits per heavy atom. The van der Waals surface area contributed by atoms with Crippen LogP contribution >= 0.6 is 0 Å². The Balaban J connectivity index is 2.31. The molecule has 0 radical (unpaired) electrons. The third-order valence-electron chi connectivity index (χ3n) is 4.35. The molecule has 124 valence electrons. The first-order chi connectivity index (χ1) is 10.8. The summed E-state index contributed by atoms with van der Waals surface area (Å²) in [6.07, 6.45) is 1.03. The minimum absolute atomic E-state index is 0.0213. The van der Waals surface area contributed by atoms with Gasteiger partial charge in [-0.1, -0.05) is 38.1 Å². The largest absolute Gasteiger partial charge is 0.497 e. The van der Waals surface area contributed by atoms with Gasteiger partial charge in [-0.2, -0.15) is 0 Å². The highest BCUT2D eigenvalue weighted by Gasteiger charge is 2.27. The highest BCUT2D eigenvalue weighted by Crippen LogP contribution is 2.36. The molecule has 0 spiro atoms. The van der Waals surface area contributed by atoms with Gasteiger partial charge in [0, 0.05) is 5.41 Å². The van der Waals surface area contributed by atoms with Crippen molar-refractivity contribution in [3.8, 4) is 11.5 Å². The van der Waals surface area contributed by atoms with Gasteiger partial charge in [-0.05, 0) is 62.6 Å². The van der Waals surface area contributed by atoms with Gasteiger partial charge < -0.3 is 9.47 Å². The van der Waals surface area contributed by atoms with Crippen LogP contribution < -0.4 is 9.47 Å². The lowest BCUT2D eigenvalue weighted by molar-refractivity contribution is 0.131. The lowest BCUT2D eigenvalue weighted by Crippen LogP contribution is -2.24. The lowest BCUT2D eigenvalue weighted by Gasteiger charge is -2.30. The molecule has 0 bridgehead atoms. The summed E-state index contributed by atoms with van der Waals surface area (Å²) < 4.78 is 11.2. The van der Waals surface area contributed by atoms with Gasteiger partial charge in [-0.3, -0.25) is 0 Å². The minimum Gasteiger partial charge on any atom is -0.497 e. The van der Waals surface area contributed by atoms with Gasteiger partial charge in [0.05, 0.1) is 7.11 Å². The van der Waals surface area contributed by atoms with Crippen LogP contribution in [0.2, 0.25) is 0 Å². The summed E-state index contributed by atoms with van der Waals surface area (Å²) in [5.41, 5.74) is 2.40. The Kier molecular flexibility index (Phi) is 5.03. The number of hydrogen-bond acceptors (Lipinski definition) is 2. The summed E-state index contributed by atoms with van der Waals surface area (Å²) in [5, 5.41) is 0. The van der Waals surface area contributed by atoms with Crippen LogP contribution in [0.5, 0.6) is 11.5 Å². The summed E-state index contributed by atoms with van der Waals surface area (Å²) in [5.74, 6) is 1.80. The van der Waals surface area contributed by atoms with Gasteiger partial charge in [0.25, 0.3) is 0 Å². The second-order valence-electron chi connectivity index (χ2n) is 7.15. The zero-order valence-electron chi connectivity index (χ0n) is 15.1. The Hall–Kier alpha value is -1.96. The molecule has 1 atom stereocenters. The van der Waals surface area contributed by atoms with E-state index in [2.05, 4.69) is 71.0 Å². The van der Waals surface area contributed by atoms with Crippen LogP contribution in [0.4, 0.5) is 0 Å². The highest BCUT2D eigenvalue weighted by molar-refractivity contribution is 5.42. The quantitative estimate of drug-likeness (QED) is 0.716. The van der Waals surface area contributed by atoms with E-state index >= 15 is 0 Å². The molecule has 0 aliphatic carbocycles. The maximum atomic E-state index is 5.92. The Bertz CT molecular complexity index is 620. The first-order valence-electron chi connectivity index (χ1n) is 8.22. The molecule has 1 unspecified atom stereocenters. The third kappa shape index (κ3) is 4.07. The standard InChI is InChI=1S/C21H28O2/c1-7-21(5,16-8-12-18(22-6)13-9-16)17-10-14-19(15-11-17)23-20(2,3)4/h8-15H,7H2,1-6H3. The van der Waals surface area contributed by atoms with Crippen molar-refractivity contribution in [2.45, 2.75) is 52.1 Å². The summed E-state index contributed by atoms with van der Waals surface area (Å²) in [7, 11) is 1.70. The summed E-state index contributed by atoms with van der Waals surface area (Å²) >= 11 is 0. The molecule has 0 saturated carbocycles. The van der Waals surface area contributed by atoms with Crippen molar-refractivity contribution in [2.75, 3.05) is 7.11 Å².